The zero-order valence-corrected chi connectivity index (χ0v) is 17.3. The number of benzene rings is 1. The average Bonchev–Trinajstić information content (AvgIpc) is 3.18. The molecule has 0 saturated heterocycles. The number of carbonyl (C=O) groups is 1. The first-order chi connectivity index (χ1) is 13.4. The van der Waals surface area contributed by atoms with Gasteiger partial charge in [0.25, 0.3) is 5.91 Å². The minimum Gasteiger partial charge on any atom is -0.385 e. The highest BCUT2D eigenvalue weighted by Crippen LogP contribution is 2.41. The Kier molecular flexibility index (Phi) is 5.17. The van der Waals surface area contributed by atoms with E-state index < -0.39 is 0 Å². The second kappa shape index (κ2) is 7.61. The van der Waals surface area contributed by atoms with E-state index in [0.717, 1.165) is 23.8 Å². The molecule has 5 heteroatoms. The molecular formula is C23H32N4O. The SMILES string of the molecule is CC(C)(C)n1nc(C(=O)Nc2ccc(NCC3CCCC3)cc2)cc1C1CC1. The second-order valence-electron chi connectivity index (χ2n) is 9.37. The molecule has 4 rings (SSSR count). The van der Waals surface area contributed by atoms with Crippen LogP contribution >= 0.6 is 0 Å². The minimum atomic E-state index is -0.142. The van der Waals surface area contributed by atoms with Crippen molar-refractivity contribution in [1.82, 2.24) is 9.78 Å². The van der Waals surface area contributed by atoms with Gasteiger partial charge in [-0.05, 0) is 82.7 Å². The van der Waals surface area contributed by atoms with Crippen LogP contribution in [0.4, 0.5) is 11.4 Å². The fraction of sp³-hybridized carbons (Fsp3) is 0.565. The van der Waals surface area contributed by atoms with Crippen LogP contribution in [0, 0.1) is 5.92 Å². The van der Waals surface area contributed by atoms with Gasteiger partial charge >= 0.3 is 0 Å². The van der Waals surface area contributed by atoms with Gasteiger partial charge in [-0.1, -0.05) is 12.8 Å². The van der Waals surface area contributed by atoms with Crippen LogP contribution in [-0.4, -0.2) is 22.2 Å². The Morgan fingerprint density at radius 2 is 1.71 bits per heavy atom. The lowest BCUT2D eigenvalue weighted by molar-refractivity contribution is 0.102. The molecule has 2 aromatic rings. The van der Waals surface area contributed by atoms with Gasteiger partial charge in [0, 0.05) is 29.5 Å². The van der Waals surface area contributed by atoms with Gasteiger partial charge in [0.1, 0.15) is 0 Å². The summed E-state index contributed by atoms with van der Waals surface area (Å²) in [7, 11) is 0. The lowest BCUT2D eigenvalue weighted by Gasteiger charge is -2.22. The summed E-state index contributed by atoms with van der Waals surface area (Å²) in [6, 6.07) is 9.95. The Labute approximate surface area is 167 Å². The number of nitrogens with zero attached hydrogens (tertiary/aromatic N) is 2. The lowest BCUT2D eigenvalue weighted by Crippen LogP contribution is -2.25. The van der Waals surface area contributed by atoms with E-state index in [4.69, 9.17) is 0 Å². The molecule has 5 nitrogen and oxygen atoms in total. The standard InChI is InChI=1S/C23H32N4O/c1-23(2,3)27-21(17-8-9-17)14-20(26-27)22(28)25-19-12-10-18(11-13-19)24-15-16-6-4-5-7-16/h10-14,16-17,24H,4-9,15H2,1-3H3,(H,25,28). The molecule has 2 aliphatic rings. The Balaban J connectivity index is 1.39. The first-order valence-electron chi connectivity index (χ1n) is 10.7. The Morgan fingerprint density at radius 1 is 1.07 bits per heavy atom. The van der Waals surface area contributed by atoms with E-state index in [-0.39, 0.29) is 11.4 Å². The van der Waals surface area contributed by atoms with Gasteiger partial charge in [-0.15, -0.1) is 0 Å². The summed E-state index contributed by atoms with van der Waals surface area (Å²) >= 11 is 0. The fourth-order valence-electron chi connectivity index (χ4n) is 4.06. The predicted octanol–water partition coefficient (Wildman–Crippen LogP) is 5.37. The molecule has 2 aliphatic carbocycles. The first kappa shape index (κ1) is 19.0. The highest BCUT2D eigenvalue weighted by molar-refractivity contribution is 6.03. The maximum atomic E-state index is 12.7. The average molecular weight is 381 g/mol. The van der Waals surface area contributed by atoms with Gasteiger partial charge in [0.2, 0.25) is 0 Å². The molecule has 0 radical (unpaired) electrons. The summed E-state index contributed by atoms with van der Waals surface area (Å²) in [4.78, 5) is 12.7. The molecule has 1 amide bonds. The summed E-state index contributed by atoms with van der Waals surface area (Å²) < 4.78 is 2.02. The van der Waals surface area contributed by atoms with Gasteiger partial charge < -0.3 is 10.6 Å². The molecule has 0 unspecified atom stereocenters. The van der Waals surface area contributed by atoms with Crippen LogP contribution in [0.2, 0.25) is 0 Å². The maximum Gasteiger partial charge on any atom is 0.276 e. The number of aromatic nitrogens is 2. The Morgan fingerprint density at radius 3 is 2.32 bits per heavy atom. The summed E-state index contributed by atoms with van der Waals surface area (Å²) in [5, 5.41) is 11.1. The lowest BCUT2D eigenvalue weighted by atomic mass is 10.1. The van der Waals surface area contributed by atoms with Crippen LogP contribution in [0.5, 0.6) is 0 Å². The van der Waals surface area contributed by atoms with Crippen molar-refractivity contribution in [2.45, 2.75) is 70.8 Å². The molecule has 0 spiro atoms. The Bertz CT molecular complexity index is 821. The van der Waals surface area contributed by atoms with E-state index in [0.29, 0.717) is 11.6 Å². The fourth-order valence-corrected chi connectivity index (χ4v) is 4.06. The summed E-state index contributed by atoms with van der Waals surface area (Å²) in [6.07, 6.45) is 7.79. The number of anilines is 2. The van der Waals surface area contributed by atoms with E-state index in [9.17, 15) is 4.79 Å². The largest absolute Gasteiger partial charge is 0.385 e. The molecule has 2 fully saturated rings. The van der Waals surface area contributed by atoms with Crippen LogP contribution in [0.1, 0.15) is 81.4 Å². The molecular weight excluding hydrogens is 348 g/mol. The van der Waals surface area contributed by atoms with Crippen molar-refractivity contribution in [3.05, 3.63) is 41.7 Å². The quantitative estimate of drug-likeness (QED) is 0.708. The van der Waals surface area contributed by atoms with Crippen molar-refractivity contribution in [2.24, 2.45) is 5.92 Å². The molecule has 2 saturated carbocycles. The van der Waals surface area contributed by atoms with Gasteiger partial charge in [0.15, 0.2) is 5.69 Å². The second-order valence-corrected chi connectivity index (χ2v) is 9.37. The minimum absolute atomic E-state index is 0.122. The van der Waals surface area contributed by atoms with Crippen molar-refractivity contribution in [3.8, 4) is 0 Å². The smallest absolute Gasteiger partial charge is 0.276 e. The maximum absolute atomic E-state index is 12.7. The third-order valence-corrected chi connectivity index (χ3v) is 5.81. The first-order valence-corrected chi connectivity index (χ1v) is 10.7. The van der Waals surface area contributed by atoms with Gasteiger partial charge in [-0.25, -0.2) is 0 Å². The molecule has 1 heterocycles. The predicted molar refractivity (Wildman–Crippen MR) is 114 cm³/mol. The van der Waals surface area contributed by atoms with Crippen LogP contribution in [0.25, 0.3) is 0 Å². The van der Waals surface area contributed by atoms with Crippen LogP contribution < -0.4 is 10.6 Å². The number of carbonyl (C=O) groups excluding carboxylic acids is 1. The monoisotopic (exact) mass is 380 g/mol. The van der Waals surface area contributed by atoms with E-state index in [1.165, 1.54) is 44.2 Å². The third-order valence-electron chi connectivity index (χ3n) is 5.81. The molecule has 0 atom stereocenters. The molecule has 28 heavy (non-hydrogen) atoms. The zero-order valence-electron chi connectivity index (χ0n) is 17.3. The number of nitrogens with one attached hydrogen (secondary N) is 2. The summed E-state index contributed by atoms with van der Waals surface area (Å²) in [6.45, 7) is 7.43. The van der Waals surface area contributed by atoms with Crippen molar-refractivity contribution in [2.75, 3.05) is 17.2 Å². The van der Waals surface area contributed by atoms with Crippen molar-refractivity contribution >= 4 is 17.3 Å². The van der Waals surface area contributed by atoms with Crippen LogP contribution in [0.3, 0.4) is 0 Å². The highest BCUT2D eigenvalue weighted by Gasteiger charge is 2.32. The molecule has 0 bridgehead atoms. The Hall–Kier alpha value is -2.30. The van der Waals surface area contributed by atoms with Gasteiger partial charge in [-0.2, -0.15) is 5.10 Å². The normalized spacial score (nSPS) is 17.7. The summed E-state index contributed by atoms with van der Waals surface area (Å²) in [5.74, 6) is 1.22. The van der Waals surface area contributed by atoms with Gasteiger partial charge in [0.05, 0.1) is 5.54 Å². The van der Waals surface area contributed by atoms with Crippen molar-refractivity contribution in [3.63, 3.8) is 0 Å². The van der Waals surface area contributed by atoms with E-state index >= 15 is 0 Å². The molecule has 0 aliphatic heterocycles. The summed E-state index contributed by atoms with van der Waals surface area (Å²) in [5.41, 5.74) is 3.47. The molecule has 1 aromatic heterocycles. The third kappa shape index (κ3) is 4.40. The number of rotatable bonds is 6. The van der Waals surface area contributed by atoms with Crippen molar-refractivity contribution < 1.29 is 4.79 Å². The van der Waals surface area contributed by atoms with E-state index in [1.54, 1.807) is 0 Å². The molecule has 2 N–H and O–H groups in total. The number of amides is 1. The van der Waals surface area contributed by atoms with Crippen LogP contribution in [0.15, 0.2) is 30.3 Å². The van der Waals surface area contributed by atoms with Crippen molar-refractivity contribution in [1.29, 1.82) is 0 Å². The van der Waals surface area contributed by atoms with Gasteiger partial charge in [-0.3, -0.25) is 9.48 Å². The van der Waals surface area contributed by atoms with E-state index in [1.807, 2.05) is 35.0 Å². The molecule has 1 aromatic carbocycles. The van der Waals surface area contributed by atoms with E-state index in [2.05, 4.69) is 36.5 Å². The number of hydrogen-bond donors (Lipinski definition) is 2. The molecule has 150 valence electrons. The topological polar surface area (TPSA) is 59.0 Å². The van der Waals surface area contributed by atoms with Crippen LogP contribution in [-0.2, 0) is 5.54 Å². The highest BCUT2D eigenvalue weighted by atomic mass is 16.2. The zero-order chi connectivity index (χ0) is 19.7. The number of hydrogen-bond acceptors (Lipinski definition) is 3.